The lowest BCUT2D eigenvalue weighted by molar-refractivity contribution is -0.142. The Morgan fingerprint density at radius 2 is 1.85 bits per heavy atom. The van der Waals surface area contributed by atoms with E-state index in [1.54, 1.807) is 7.05 Å². The van der Waals surface area contributed by atoms with Crippen LogP contribution in [0.5, 0.6) is 0 Å². The molecule has 41 heavy (non-hydrogen) atoms. The van der Waals surface area contributed by atoms with Crippen LogP contribution in [0.25, 0.3) is 0 Å². The standard InChI is InChI=1S/C32H43F2N3O4/c1-4-5-11-22(2)32(40)37(3)29-14-9-10-15-41-21-28(24-12-7-6-8-13-24)35-20-30(38)27(36-31(29)39)18-23-16-25(33)19-26(34)17-23/h6-10,12-13,16-17,19,22,27-30,35,38H,4-5,11,14-15,18,20-21H2,1-3H3,(H,36,39)/b10-9-/t22-,27-,28-,29-,30+/m0/s1. The van der Waals surface area contributed by atoms with E-state index in [9.17, 15) is 23.5 Å². The molecule has 1 aliphatic rings. The predicted octanol–water partition coefficient (Wildman–Crippen LogP) is 4.31. The Morgan fingerprint density at radius 1 is 1.15 bits per heavy atom. The van der Waals surface area contributed by atoms with Crippen LogP contribution in [0.4, 0.5) is 8.78 Å². The van der Waals surface area contributed by atoms with E-state index in [4.69, 9.17) is 4.74 Å². The number of rotatable bonds is 8. The Morgan fingerprint density at radius 3 is 2.54 bits per heavy atom. The summed E-state index contributed by atoms with van der Waals surface area (Å²) in [4.78, 5) is 28.3. The molecule has 0 spiro atoms. The van der Waals surface area contributed by atoms with Gasteiger partial charge in [-0.15, -0.1) is 0 Å². The number of benzene rings is 2. The topological polar surface area (TPSA) is 90.9 Å². The number of likely N-dealkylation sites (N-methyl/N-ethyl adjacent to an activating group) is 1. The van der Waals surface area contributed by atoms with Gasteiger partial charge in [0.15, 0.2) is 0 Å². The van der Waals surface area contributed by atoms with Crippen LogP contribution in [-0.2, 0) is 20.7 Å². The van der Waals surface area contributed by atoms with Gasteiger partial charge in [-0.1, -0.05) is 69.2 Å². The average molecular weight is 572 g/mol. The third-order valence-corrected chi connectivity index (χ3v) is 7.50. The van der Waals surface area contributed by atoms with Crippen molar-refractivity contribution in [2.24, 2.45) is 5.92 Å². The molecule has 0 saturated heterocycles. The summed E-state index contributed by atoms with van der Waals surface area (Å²) in [6.07, 6.45) is 5.36. The van der Waals surface area contributed by atoms with Gasteiger partial charge in [-0.05, 0) is 42.5 Å². The number of hydrogen-bond acceptors (Lipinski definition) is 5. The third kappa shape index (κ3) is 10.0. The van der Waals surface area contributed by atoms with Crippen molar-refractivity contribution in [2.75, 3.05) is 26.8 Å². The number of nitrogens with one attached hydrogen (secondary N) is 2. The summed E-state index contributed by atoms with van der Waals surface area (Å²) in [5.41, 5.74) is 1.27. The van der Waals surface area contributed by atoms with Gasteiger partial charge in [0.25, 0.3) is 0 Å². The van der Waals surface area contributed by atoms with Gasteiger partial charge in [0, 0.05) is 25.6 Å². The van der Waals surface area contributed by atoms with E-state index < -0.39 is 35.7 Å². The number of unbranched alkanes of at least 4 members (excludes halogenated alkanes) is 1. The van der Waals surface area contributed by atoms with Crippen LogP contribution in [0.2, 0.25) is 0 Å². The zero-order valence-corrected chi connectivity index (χ0v) is 24.2. The normalized spacial score (nSPS) is 24.1. The van der Waals surface area contributed by atoms with Crippen molar-refractivity contribution >= 4 is 11.8 Å². The first kappa shape index (κ1) is 32.4. The molecule has 224 valence electrons. The summed E-state index contributed by atoms with van der Waals surface area (Å²) in [6.45, 7) is 4.66. The van der Waals surface area contributed by atoms with E-state index in [-0.39, 0.29) is 37.3 Å². The molecule has 1 aliphatic heterocycles. The molecular weight excluding hydrogens is 528 g/mol. The molecule has 0 aliphatic carbocycles. The zero-order chi connectivity index (χ0) is 29.8. The molecule has 0 radical (unpaired) electrons. The van der Waals surface area contributed by atoms with E-state index in [2.05, 4.69) is 17.6 Å². The summed E-state index contributed by atoms with van der Waals surface area (Å²) in [6, 6.07) is 10.9. The molecule has 3 N–H and O–H groups in total. The first-order valence-electron chi connectivity index (χ1n) is 14.4. The third-order valence-electron chi connectivity index (χ3n) is 7.50. The lowest BCUT2D eigenvalue weighted by Crippen LogP contribution is -2.55. The number of nitrogens with zero attached hydrogens (tertiary/aromatic N) is 1. The quantitative estimate of drug-likeness (QED) is 0.411. The molecule has 2 amide bonds. The second-order valence-electron chi connectivity index (χ2n) is 10.8. The van der Waals surface area contributed by atoms with Gasteiger partial charge in [0.05, 0.1) is 31.4 Å². The molecule has 5 atom stereocenters. The van der Waals surface area contributed by atoms with E-state index in [1.807, 2.05) is 49.4 Å². The summed E-state index contributed by atoms with van der Waals surface area (Å²) in [7, 11) is 1.61. The van der Waals surface area contributed by atoms with E-state index in [1.165, 1.54) is 17.0 Å². The molecule has 2 aromatic rings. The maximum atomic E-state index is 14.0. The highest BCUT2D eigenvalue weighted by Crippen LogP contribution is 2.18. The van der Waals surface area contributed by atoms with E-state index >= 15 is 0 Å². The number of aliphatic hydroxyl groups excluding tert-OH is 1. The maximum absolute atomic E-state index is 14.0. The van der Waals surface area contributed by atoms with Crippen LogP contribution in [0.15, 0.2) is 60.7 Å². The van der Waals surface area contributed by atoms with Crippen LogP contribution >= 0.6 is 0 Å². The second-order valence-corrected chi connectivity index (χ2v) is 10.8. The number of hydrogen-bond donors (Lipinski definition) is 3. The predicted molar refractivity (Wildman–Crippen MR) is 155 cm³/mol. The Balaban J connectivity index is 1.89. The number of β-amino-alcohol motifs (C(OH)–C–C–N with tert-alkyl or cyclic N) is 1. The summed E-state index contributed by atoms with van der Waals surface area (Å²) >= 11 is 0. The molecule has 2 aromatic carbocycles. The molecule has 1 heterocycles. The number of aliphatic hydroxyl groups is 1. The van der Waals surface area contributed by atoms with Crippen molar-refractivity contribution in [2.45, 2.75) is 70.2 Å². The molecule has 0 unspecified atom stereocenters. The Kier molecular flexibility index (Phi) is 12.9. The minimum absolute atomic E-state index is 0.0110. The largest absolute Gasteiger partial charge is 0.390 e. The van der Waals surface area contributed by atoms with Crippen molar-refractivity contribution in [3.05, 3.63) is 83.4 Å². The van der Waals surface area contributed by atoms with Crippen molar-refractivity contribution in [1.29, 1.82) is 0 Å². The molecule has 0 fully saturated rings. The van der Waals surface area contributed by atoms with Crippen LogP contribution in [-0.4, -0.2) is 66.8 Å². The zero-order valence-electron chi connectivity index (χ0n) is 24.2. The molecule has 0 saturated carbocycles. The lowest BCUT2D eigenvalue weighted by atomic mass is 9.98. The van der Waals surface area contributed by atoms with Crippen molar-refractivity contribution in [3.63, 3.8) is 0 Å². The molecule has 0 aromatic heterocycles. The average Bonchev–Trinajstić information content (AvgIpc) is 2.95. The van der Waals surface area contributed by atoms with Crippen LogP contribution in [0, 0.1) is 17.6 Å². The number of carbonyl (C=O) groups is 2. The molecule has 9 heteroatoms. The number of carbonyl (C=O) groups excluding carboxylic acids is 2. The van der Waals surface area contributed by atoms with E-state index in [0.717, 1.165) is 30.9 Å². The van der Waals surface area contributed by atoms with Crippen LogP contribution < -0.4 is 10.6 Å². The highest BCUT2D eigenvalue weighted by molar-refractivity contribution is 5.88. The fourth-order valence-corrected chi connectivity index (χ4v) is 5.03. The Hall–Kier alpha value is -3.14. The number of ether oxygens (including phenoxy) is 1. The first-order chi connectivity index (χ1) is 19.7. The molecule has 0 bridgehead atoms. The van der Waals surface area contributed by atoms with Gasteiger partial charge in [-0.3, -0.25) is 9.59 Å². The van der Waals surface area contributed by atoms with Gasteiger partial charge >= 0.3 is 0 Å². The van der Waals surface area contributed by atoms with Gasteiger partial charge in [-0.25, -0.2) is 8.78 Å². The molecule has 7 nitrogen and oxygen atoms in total. The van der Waals surface area contributed by atoms with Crippen molar-refractivity contribution in [1.82, 2.24) is 15.5 Å². The smallest absolute Gasteiger partial charge is 0.243 e. The SMILES string of the molecule is CCCC[C@H](C)C(=O)N(C)[C@H]1C/C=C\COC[C@@H](c2ccccc2)NC[C@@H](O)[C@H](Cc2cc(F)cc(F)c2)NC1=O. The molecular formula is C32H43F2N3O4. The van der Waals surface area contributed by atoms with Gasteiger partial charge in [0.1, 0.15) is 17.7 Å². The highest BCUT2D eigenvalue weighted by Gasteiger charge is 2.32. The number of amides is 2. The summed E-state index contributed by atoms with van der Waals surface area (Å²) in [5.74, 6) is -2.32. The minimum Gasteiger partial charge on any atom is -0.390 e. The van der Waals surface area contributed by atoms with Gasteiger partial charge < -0.3 is 25.4 Å². The second kappa shape index (κ2) is 16.3. The fourth-order valence-electron chi connectivity index (χ4n) is 5.03. The van der Waals surface area contributed by atoms with Gasteiger partial charge in [0.2, 0.25) is 11.8 Å². The lowest BCUT2D eigenvalue weighted by Gasteiger charge is -2.32. The minimum atomic E-state index is -1.11. The van der Waals surface area contributed by atoms with Crippen LogP contribution in [0.1, 0.15) is 56.7 Å². The number of halogens is 2. The first-order valence-corrected chi connectivity index (χ1v) is 14.4. The van der Waals surface area contributed by atoms with E-state index in [0.29, 0.717) is 18.8 Å². The highest BCUT2D eigenvalue weighted by atomic mass is 19.1. The summed E-state index contributed by atoms with van der Waals surface area (Å²) < 4.78 is 33.9. The Labute approximate surface area is 242 Å². The maximum Gasteiger partial charge on any atom is 0.243 e. The Bertz CT molecular complexity index is 1130. The monoisotopic (exact) mass is 571 g/mol. The van der Waals surface area contributed by atoms with Crippen LogP contribution in [0.3, 0.4) is 0 Å². The van der Waals surface area contributed by atoms with Crippen molar-refractivity contribution < 1.29 is 28.2 Å². The van der Waals surface area contributed by atoms with Gasteiger partial charge in [-0.2, -0.15) is 0 Å². The summed E-state index contributed by atoms with van der Waals surface area (Å²) in [5, 5.41) is 17.5. The van der Waals surface area contributed by atoms with Crippen molar-refractivity contribution in [3.8, 4) is 0 Å². The molecule has 3 rings (SSSR count). The fraction of sp³-hybridized carbons (Fsp3) is 0.500.